The van der Waals surface area contributed by atoms with Gasteiger partial charge in [0, 0.05) is 10.4 Å². The van der Waals surface area contributed by atoms with E-state index in [4.69, 9.17) is 21.3 Å². The number of nitriles is 1. The molecule has 4 rings (SSSR count). The zero-order valence-electron chi connectivity index (χ0n) is 18.3. The van der Waals surface area contributed by atoms with Gasteiger partial charge in [0.1, 0.15) is 22.3 Å². The van der Waals surface area contributed by atoms with Crippen LogP contribution in [0, 0.1) is 32.1 Å². The molecule has 0 radical (unpaired) electrons. The van der Waals surface area contributed by atoms with Gasteiger partial charge in [0.25, 0.3) is 10.0 Å². The minimum Gasteiger partial charge on any atom is -0.495 e. The van der Waals surface area contributed by atoms with E-state index in [1.54, 1.807) is 6.07 Å². The molecule has 2 aromatic heterocycles. The molecular formula is C23H20ClN5O3S. The fourth-order valence-corrected chi connectivity index (χ4v) is 5.18. The zero-order valence-corrected chi connectivity index (χ0v) is 19.9. The molecule has 0 aliphatic rings. The Morgan fingerprint density at radius 2 is 1.88 bits per heavy atom. The van der Waals surface area contributed by atoms with Crippen LogP contribution in [-0.2, 0) is 10.0 Å². The second kappa shape index (κ2) is 8.39. The molecule has 33 heavy (non-hydrogen) atoms. The number of ether oxygens (including phenoxy) is 1. The van der Waals surface area contributed by atoms with Crippen LogP contribution in [0.1, 0.15) is 22.3 Å². The van der Waals surface area contributed by atoms with Crippen LogP contribution in [0.15, 0.2) is 47.5 Å². The molecule has 168 valence electrons. The third-order valence-electron chi connectivity index (χ3n) is 5.19. The average Bonchev–Trinajstić information content (AvgIpc) is 3.16. The van der Waals surface area contributed by atoms with E-state index in [2.05, 4.69) is 9.82 Å². The zero-order chi connectivity index (χ0) is 23.9. The third kappa shape index (κ3) is 4.11. The highest BCUT2D eigenvalue weighted by Gasteiger charge is 2.25. The van der Waals surface area contributed by atoms with Crippen LogP contribution in [0.4, 0.5) is 5.82 Å². The van der Waals surface area contributed by atoms with Crippen molar-refractivity contribution in [1.82, 2.24) is 14.8 Å². The number of hydrogen-bond acceptors (Lipinski definition) is 6. The molecule has 0 aliphatic heterocycles. The Hall–Kier alpha value is -3.61. The summed E-state index contributed by atoms with van der Waals surface area (Å²) in [7, 11) is -2.82. The van der Waals surface area contributed by atoms with Gasteiger partial charge in [0.2, 0.25) is 0 Å². The van der Waals surface area contributed by atoms with Gasteiger partial charge in [0.15, 0.2) is 11.6 Å². The van der Waals surface area contributed by atoms with E-state index in [0.717, 1.165) is 27.6 Å². The summed E-state index contributed by atoms with van der Waals surface area (Å²) in [4.78, 5) is 4.55. The third-order valence-corrected chi connectivity index (χ3v) is 6.79. The normalized spacial score (nSPS) is 11.4. The number of fused-ring (bicyclic) bond motifs is 1. The maximum Gasteiger partial charge on any atom is 0.266 e. The number of benzene rings is 2. The minimum atomic E-state index is -4.18. The van der Waals surface area contributed by atoms with Gasteiger partial charge in [0.05, 0.1) is 18.8 Å². The lowest BCUT2D eigenvalue weighted by Crippen LogP contribution is -2.18. The fourth-order valence-electron chi connectivity index (χ4n) is 3.68. The molecule has 0 spiro atoms. The Kier molecular flexibility index (Phi) is 5.74. The second-order valence-corrected chi connectivity index (χ2v) is 9.69. The first-order valence-electron chi connectivity index (χ1n) is 9.88. The smallest absolute Gasteiger partial charge is 0.266 e. The van der Waals surface area contributed by atoms with Crippen LogP contribution in [0.5, 0.6) is 5.75 Å². The van der Waals surface area contributed by atoms with Gasteiger partial charge in [-0.1, -0.05) is 23.2 Å². The molecule has 0 aliphatic carbocycles. The number of halogens is 1. The van der Waals surface area contributed by atoms with Crippen LogP contribution in [0.25, 0.3) is 16.7 Å². The van der Waals surface area contributed by atoms with Crippen LogP contribution in [-0.4, -0.2) is 30.3 Å². The van der Waals surface area contributed by atoms with Crippen molar-refractivity contribution in [3.8, 4) is 17.6 Å². The number of sulfonamides is 1. The Labute approximate surface area is 196 Å². The average molecular weight is 482 g/mol. The first-order valence-corrected chi connectivity index (χ1v) is 11.7. The summed E-state index contributed by atoms with van der Waals surface area (Å²) < 4.78 is 35.4. The maximum atomic E-state index is 13.2. The Bertz CT molecular complexity index is 1550. The van der Waals surface area contributed by atoms with E-state index in [1.165, 1.54) is 36.2 Å². The number of nitrogens with zero attached hydrogens (tertiary/aromatic N) is 4. The molecule has 1 N–H and O–H groups in total. The summed E-state index contributed by atoms with van der Waals surface area (Å²) in [5, 5.41) is 15.0. The number of rotatable bonds is 5. The molecule has 0 saturated heterocycles. The summed E-state index contributed by atoms with van der Waals surface area (Å²) >= 11 is 6.02. The number of anilines is 1. The Morgan fingerprint density at radius 1 is 1.12 bits per heavy atom. The monoisotopic (exact) mass is 481 g/mol. The summed E-state index contributed by atoms with van der Waals surface area (Å²) in [6.07, 6.45) is 1.29. The summed E-state index contributed by atoms with van der Waals surface area (Å²) in [5.41, 5.74) is 3.86. The van der Waals surface area contributed by atoms with Crippen molar-refractivity contribution < 1.29 is 13.2 Å². The lowest BCUT2D eigenvalue weighted by molar-refractivity contribution is 0.403. The molecule has 0 saturated carbocycles. The molecule has 4 aromatic rings. The van der Waals surface area contributed by atoms with E-state index in [-0.39, 0.29) is 27.0 Å². The maximum absolute atomic E-state index is 13.2. The van der Waals surface area contributed by atoms with Gasteiger partial charge in [-0.3, -0.25) is 4.72 Å². The largest absolute Gasteiger partial charge is 0.495 e. The first kappa shape index (κ1) is 22.6. The van der Waals surface area contributed by atoms with Crippen molar-refractivity contribution in [2.75, 3.05) is 11.8 Å². The molecule has 0 fully saturated rings. The number of methoxy groups -OCH3 is 1. The Balaban J connectivity index is 1.88. The van der Waals surface area contributed by atoms with Gasteiger partial charge < -0.3 is 4.74 Å². The summed E-state index contributed by atoms with van der Waals surface area (Å²) in [6.45, 7) is 5.93. The molecular weight excluding hydrogens is 462 g/mol. The number of nitrogens with one attached hydrogen (secondary N) is 1. The topological polar surface area (TPSA) is 110 Å². The summed E-state index contributed by atoms with van der Waals surface area (Å²) in [6, 6.07) is 12.1. The van der Waals surface area contributed by atoms with E-state index in [0.29, 0.717) is 5.82 Å². The van der Waals surface area contributed by atoms with Crippen LogP contribution in [0.3, 0.4) is 0 Å². The highest BCUT2D eigenvalue weighted by atomic mass is 35.5. The molecule has 8 nitrogen and oxygen atoms in total. The molecule has 2 heterocycles. The number of aryl methyl sites for hydroxylation is 3. The highest BCUT2D eigenvalue weighted by Crippen LogP contribution is 2.31. The minimum absolute atomic E-state index is 0.0319. The molecule has 10 heteroatoms. The van der Waals surface area contributed by atoms with Crippen molar-refractivity contribution in [3.05, 3.63) is 69.9 Å². The molecule has 0 bridgehead atoms. The number of hydrogen-bond donors (Lipinski definition) is 1. The molecule has 0 amide bonds. The first-order chi connectivity index (χ1) is 15.6. The van der Waals surface area contributed by atoms with E-state index < -0.39 is 10.0 Å². The predicted molar refractivity (Wildman–Crippen MR) is 127 cm³/mol. The van der Waals surface area contributed by atoms with Crippen molar-refractivity contribution in [2.24, 2.45) is 0 Å². The Morgan fingerprint density at radius 3 is 2.58 bits per heavy atom. The lowest BCUT2D eigenvalue weighted by atomic mass is 10.0. The predicted octanol–water partition coefficient (Wildman–Crippen LogP) is 4.68. The quantitative estimate of drug-likeness (QED) is 0.443. The van der Waals surface area contributed by atoms with Crippen molar-refractivity contribution in [3.63, 3.8) is 0 Å². The standard InChI is InChI=1S/C23H20ClN5O3S/c1-13-7-15(3)22-18(8-13)14(2)9-21(27-22)29-23(16(11-25)12-26-29)28-33(30,31)20-10-17(24)5-6-19(20)32-4/h5-10,12,28H,1-4H3. The molecule has 2 aromatic carbocycles. The molecule has 0 unspecified atom stereocenters. The van der Waals surface area contributed by atoms with E-state index in [9.17, 15) is 13.7 Å². The SMILES string of the molecule is COc1ccc(Cl)cc1S(=O)(=O)Nc1c(C#N)cnn1-c1cc(C)c2cc(C)cc(C)c2n1. The van der Waals surface area contributed by atoms with Gasteiger partial charge in [-0.25, -0.2) is 13.4 Å². The highest BCUT2D eigenvalue weighted by molar-refractivity contribution is 7.92. The van der Waals surface area contributed by atoms with Gasteiger partial charge >= 0.3 is 0 Å². The van der Waals surface area contributed by atoms with Crippen LogP contribution in [0.2, 0.25) is 5.02 Å². The van der Waals surface area contributed by atoms with Crippen molar-refractivity contribution in [2.45, 2.75) is 25.7 Å². The van der Waals surface area contributed by atoms with Crippen LogP contribution >= 0.6 is 11.6 Å². The van der Waals surface area contributed by atoms with E-state index in [1.807, 2.05) is 39.0 Å². The van der Waals surface area contributed by atoms with Crippen molar-refractivity contribution >= 4 is 38.3 Å². The lowest BCUT2D eigenvalue weighted by Gasteiger charge is -2.15. The van der Waals surface area contributed by atoms with E-state index >= 15 is 0 Å². The number of aromatic nitrogens is 3. The second-order valence-electron chi connectivity index (χ2n) is 7.61. The van der Waals surface area contributed by atoms with Gasteiger partial charge in [-0.15, -0.1) is 0 Å². The van der Waals surface area contributed by atoms with Gasteiger partial charge in [-0.05, 0) is 62.2 Å². The van der Waals surface area contributed by atoms with Gasteiger partial charge in [-0.2, -0.15) is 15.0 Å². The summed E-state index contributed by atoms with van der Waals surface area (Å²) in [5.74, 6) is 0.460. The number of pyridine rings is 1. The fraction of sp³-hybridized carbons (Fsp3) is 0.174. The van der Waals surface area contributed by atoms with Crippen molar-refractivity contribution in [1.29, 1.82) is 5.26 Å². The molecule has 0 atom stereocenters. The van der Waals surface area contributed by atoms with Crippen LogP contribution < -0.4 is 9.46 Å².